The van der Waals surface area contributed by atoms with Gasteiger partial charge in [0.25, 0.3) is 5.91 Å². The fraction of sp³-hybridized carbons (Fsp3) is 0.417. The SMILES string of the molecule is CN(C(=O)c1cc(I)ccc1O)[C@H]1CNC[C@@H]1O. The molecule has 1 aromatic carbocycles. The Kier molecular flexibility index (Phi) is 4.08. The summed E-state index contributed by atoms with van der Waals surface area (Å²) in [6.45, 7) is 1.05. The van der Waals surface area contributed by atoms with Gasteiger partial charge in [-0.3, -0.25) is 4.79 Å². The van der Waals surface area contributed by atoms with Crippen LogP contribution in [0.25, 0.3) is 0 Å². The first-order valence-corrected chi connectivity index (χ1v) is 6.73. The topological polar surface area (TPSA) is 72.8 Å². The van der Waals surface area contributed by atoms with Crippen LogP contribution in [0, 0.1) is 3.57 Å². The predicted molar refractivity (Wildman–Crippen MR) is 75.6 cm³/mol. The number of likely N-dealkylation sites (N-methyl/N-ethyl adjacent to an activating group) is 1. The number of benzene rings is 1. The van der Waals surface area contributed by atoms with Gasteiger partial charge < -0.3 is 20.4 Å². The van der Waals surface area contributed by atoms with Gasteiger partial charge in [-0.1, -0.05) is 0 Å². The molecule has 1 heterocycles. The molecule has 0 aromatic heterocycles. The van der Waals surface area contributed by atoms with E-state index in [4.69, 9.17) is 0 Å². The number of nitrogens with one attached hydrogen (secondary N) is 1. The van der Waals surface area contributed by atoms with Crippen LogP contribution < -0.4 is 5.32 Å². The molecule has 0 saturated carbocycles. The Hall–Kier alpha value is -0.860. The summed E-state index contributed by atoms with van der Waals surface area (Å²) in [5, 5.41) is 22.5. The molecule has 0 spiro atoms. The van der Waals surface area contributed by atoms with Crippen LogP contribution in [0.5, 0.6) is 5.75 Å². The van der Waals surface area contributed by atoms with Gasteiger partial charge in [0.2, 0.25) is 0 Å². The van der Waals surface area contributed by atoms with Crippen molar-refractivity contribution in [1.29, 1.82) is 0 Å². The maximum atomic E-state index is 12.3. The van der Waals surface area contributed by atoms with E-state index in [0.717, 1.165) is 3.57 Å². The lowest BCUT2D eigenvalue weighted by molar-refractivity contribution is 0.0578. The van der Waals surface area contributed by atoms with Crippen molar-refractivity contribution in [3.8, 4) is 5.75 Å². The van der Waals surface area contributed by atoms with Gasteiger partial charge in [-0.25, -0.2) is 0 Å². The summed E-state index contributed by atoms with van der Waals surface area (Å²) in [5.74, 6) is -0.313. The third-order valence-corrected chi connectivity index (χ3v) is 3.83. The van der Waals surface area contributed by atoms with Crippen LogP contribution >= 0.6 is 22.6 Å². The number of carbonyl (C=O) groups is 1. The summed E-state index contributed by atoms with van der Waals surface area (Å²) in [5.41, 5.74) is 0.267. The number of rotatable bonds is 2. The van der Waals surface area contributed by atoms with Crippen molar-refractivity contribution >= 4 is 28.5 Å². The monoisotopic (exact) mass is 362 g/mol. The standard InChI is InChI=1S/C12H15IN2O3/c1-15(9-5-14-6-11(9)17)12(18)8-4-7(13)2-3-10(8)16/h2-4,9,11,14,16-17H,5-6H2,1H3/t9-,11-/m0/s1. The minimum absolute atomic E-state index is 0.0345. The largest absolute Gasteiger partial charge is 0.507 e. The summed E-state index contributed by atoms with van der Waals surface area (Å²) in [4.78, 5) is 13.8. The highest BCUT2D eigenvalue weighted by Gasteiger charge is 2.32. The zero-order chi connectivity index (χ0) is 13.3. The summed E-state index contributed by atoms with van der Waals surface area (Å²) >= 11 is 2.09. The van der Waals surface area contributed by atoms with Crippen molar-refractivity contribution in [3.05, 3.63) is 27.3 Å². The maximum absolute atomic E-state index is 12.3. The van der Waals surface area contributed by atoms with Crippen LogP contribution in [-0.4, -0.2) is 53.3 Å². The van der Waals surface area contributed by atoms with Gasteiger partial charge in [0.1, 0.15) is 5.75 Å². The van der Waals surface area contributed by atoms with E-state index in [1.807, 2.05) is 0 Å². The number of phenolic OH excluding ortho intramolecular Hbond substituents is 1. The van der Waals surface area contributed by atoms with Crippen LogP contribution in [0.2, 0.25) is 0 Å². The first-order valence-electron chi connectivity index (χ1n) is 5.65. The van der Waals surface area contributed by atoms with E-state index < -0.39 is 6.10 Å². The average molecular weight is 362 g/mol. The second-order valence-corrected chi connectivity index (χ2v) is 5.62. The molecule has 3 N–H and O–H groups in total. The van der Waals surface area contributed by atoms with Crippen molar-refractivity contribution < 1.29 is 15.0 Å². The fourth-order valence-corrected chi connectivity index (χ4v) is 2.56. The number of halogens is 1. The molecule has 1 amide bonds. The van der Waals surface area contributed by atoms with E-state index in [2.05, 4.69) is 27.9 Å². The second kappa shape index (κ2) is 5.41. The normalized spacial score (nSPS) is 23.1. The molecular formula is C12H15IN2O3. The Morgan fingerprint density at radius 3 is 2.83 bits per heavy atom. The Labute approximate surface area is 119 Å². The van der Waals surface area contributed by atoms with Crippen LogP contribution in [0.4, 0.5) is 0 Å². The number of aliphatic hydroxyl groups is 1. The number of hydrogen-bond acceptors (Lipinski definition) is 4. The maximum Gasteiger partial charge on any atom is 0.257 e. The smallest absolute Gasteiger partial charge is 0.257 e. The number of aromatic hydroxyl groups is 1. The number of nitrogens with zero attached hydrogens (tertiary/aromatic N) is 1. The molecular weight excluding hydrogens is 347 g/mol. The highest BCUT2D eigenvalue weighted by Crippen LogP contribution is 2.22. The van der Waals surface area contributed by atoms with Gasteiger partial charge >= 0.3 is 0 Å². The number of carbonyl (C=O) groups excluding carboxylic acids is 1. The lowest BCUT2D eigenvalue weighted by atomic mass is 10.1. The third-order valence-electron chi connectivity index (χ3n) is 3.16. The number of hydrogen-bond donors (Lipinski definition) is 3. The highest BCUT2D eigenvalue weighted by molar-refractivity contribution is 14.1. The number of β-amino-alcohol motifs (C(OH)–C–C–N with tert-alkyl or cyclic N) is 1. The average Bonchev–Trinajstić information content (AvgIpc) is 2.77. The Morgan fingerprint density at radius 2 is 2.22 bits per heavy atom. The molecule has 6 heteroatoms. The number of phenols is 1. The first kappa shape index (κ1) is 13.6. The molecule has 2 atom stereocenters. The van der Waals surface area contributed by atoms with Gasteiger partial charge in [-0.2, -0.15) is 0 Å². The second-order valence-electron chi connectivity index (χ2n) is 4.37. The number of amides is 1. The molecule has 2 rings (SSSR count). The summed E-state index contributed by atoms with van der Waals surface area (Å²) in [7, 11) is 1.64. The Morgan fingerprint density at radius 1 is 1.50 bits per heavy atom. The van der Waals surface area contributed by atoms with Gasteiger partial charge in [0.15, 0.2) is 0 Å². The quantitative estimate of drug-likeness (QED) is 0.667. The van der Waals surface area contributed by atoms with Gasteiger partial charge in [-0.05, 0) is 40.8 Å². The molecule has 1 aliphatic rings. The molecule has 1 aliphatic heterocycles. The zero-order valence-electron chi connectivity index (χ0n) is 9.93. The Bertz CT molecular complexity index is 467. The summed E-state index contributed by atoms with van der Waals surface area (Å²) in [6.07, 6.45) is -0.566. The van der Waals surface area contributed by atoms with Crippen LogP contribution in [0.1, 0.15) is 10.4 Å². The van der Waals surface area contributed by atoms with E-state index in [-0.39, 0.29) is 23.3 Å². The van der Waals surface area contributed by atoms with Crippen LogP contribution in [0.3, 0.4) is 0 Å². The molecule has 1 fully saturated rings. The summed E-state index contributed by atoms with van der Waals surface area (Å²) in [6, 6.07) is 4.63. The zero-order valence-corrected chi connectivity index (χ0v) is 12.1. The van der Waals surface area contributed by atoms with E-state index in [1.165, 1.54) is 11.0 Å². The van der Waals surface area contributed by atoms with E-state index >= 15 is 0 Å². The predicted octanol–water partition coefficient (Wildman–Crippen LogP) is 0.402. The molecule has 0 bridgehead atoms. The van der Waals surface area contributed by atoms with Crippen LogP contribution in [0.15, 0.2) is 18.2 Å². The number of aliphatic hydroxyl groups excluding tert-OH is 1. The molecule has 18 heavy (non-hydrogen) atoms. The van der Waals surface area contributed by atoms with Crippen molar-refractivity contribution in [2.45, 2.75) is 12.1 Å². The van der Waals surface area contributed by atoms with Crippen molar-refractivity contribution in [1.82, 2.24) is 10.2 Å². The first-order chi connectivity index (χ1) is 8.50. The van der Waals surface area contributed by atoms with E-state index in [1.54, 1.807) is 19.2 Å². The van der Waals surface area contributed by atoms with Crippen LogP contribution in [-0.2, 0) is 0 Å². The highest BCUT2D eigenvalue weighted by atomic mass is 127. The van der Waals surface area contributed by atoms with Gasteiger partial charge in [-0.15, -0.1) is 0 Å². The molecule has 0 radical (unpaired) electrons. The van der Waals surface area contributed by atoms with Crippen molar-refractivity contribution in [3.63, 3.8) is 0 Å². The molecule has 1 saturated heterocycles. The molecule has 98 valence electrons. The third kappa shape index (κ3) is 2.60. The fourth-order valence-electron chi connectivity index (χ4n) is 2.07. The van der Waals surface area contributed by atoms with Crippen molar-refractivity contribution in [2.24, 2.45) is 0 Å². The molecule has 0 unspecified atom stereocenters. The lowest BCUT2D eigenvalue weighted by Crippen LogP contribution is -2.44. The van der Waals surface area contributed by atoms with Gasteiger partial charge in [0.05, 0.1) is 17.7 Å². The van der Waals surface area contributed by atoms with E-state index in [0.29, 0.717) is 13.1 Å². The van der Waals surface area contributed by atoms with Crippen molar-refractivity contribution in [2.75, 3.05) is 20.1 Å². The molecule has 0 aliphatic carbocycles. The van der Waals surface area contributed by atoms with E-state index in [9.17, 15) is 15.0 Å². The molecule has 1 aromatic rings. The minimum Gasteiger partial charge on any atom is -0.507 e. The molecule has 5 nitrogen and oxygen atoms in total. The summed E-state index contributed by atoms with van der Waals surface area (Å²) < 4.78 is 0.882. The minimum atomic E-state index is -0.566. The van der Waals surface area contributed by atoms with Gasteiger partial charge in [0, 0.05) is 23.7 Å². The lowest BCUT2D eigenvalue weighted by Gasteiger charge is -2.26. The Balaban J connectivity index is 2.22.